The van der Waals surface area contributed by atoms with Gasteiger partial charge < -0.3 is 18.9 Å². The van der Waals surface area contributed by atoms with Crippen LogP contribution in [0.2, 0.25) is 0 Å². The summed E-state index contributed by atoms with van der Waals surface area (Å²) in [6.07, 6.45) is 7.48. The summed E-state index contributed by atoms with van der Waals surface area (Å²) in [6.45, 7) is 0. The maximum absolute atomic E-state index is 4.74. The fourth-order valence-electron chi connectivity index (χ4n) is 22.3. The Morgan fingerprint density at radius 1 is 0.153 bits per heavy atom. The Hall–Kier alpha value is -19.3. The molecule has 0 aliphatic carbocycles. The third kappa shape index (κ3) is 14.9. The van der Waals surface area contributed by atoms with E-state index in [-0.39, 0.29) is 0 Å². The average Bonchev–Trinajstić information content (AvgIpc) is 0.785. The van der Waals surface area contributed by atoms with Crippen molar-refractivity contribution in [1.29, 1.82) is 0 Å². The number of benzene rings is 22. The molecule has 0 atom stereocenters. The summed E-state index contributed by atoms with van der Waals surface area (Å²) >= 11 is 0. The number of aromatic nitrogens is 6. The summed E-state index contributed by atoms with van der Waals surface area (Å²) in [7, 11) is 0. The van der Waals surface area contributed by atoms with Crippen LogP contribution in [0.25, 0.3) is 231 Å². The highest BCUT2D eigenvalue weighted by molar-refractivity contribution is 6.27. The smallest absolute Gasteiger partial charge is 0.0708 e. The van der Waals surface area contributed by atoms with Crippen molar-refractivity contribution in [3.8, 4) is 100 Å². The summed E-state index contributed by atoms with van der Waals surface area (Å²) in [6, 6.07) is 185. The predicted molar refractivity (Wildman–Crippen MR) is 606 cm³/mol. The summed E-state index contributed by atoms with van der Waals surface area (Å²) in [4.78, 5) is 23.8. The van der Waals surface area contributed by atoms with Crippen LogP contribution in [-0.2, 0) is 0 Å². The van der Waals surface area contributed by atoms with E-state index in [1.165, 1.54) is 103 Å². The van der Waals surface area contributed by atoms with Crippen LogP contribution < -0.4 is 9.80 Å². The molecule has 0 aliphatic rings. The molecule has 0 bridgehead atoms. The van der Waals surface area contributed by atoms with Crippen molar-refractivity contribution in [1.82, 2.24) is 29.1 Å². The Labute approximate surface area is 832 Å². The number of para-hydroxylation sites is 6. The molecule has 0 saturated heterocycles. The second-order valence-corrected chi connectivity index (χ2v) is 37.1. The quantitative estimate of drug-likeness (QED) is 0.0898. The Balaban J connectivity index is 0.000000143. The Morgan fingerprint density at radius 3 is 0.847 bits per heavy atom. The number of fused-ring (bicyclic) bond motifs is 14. The summed E-state index contributed by atoms with van der Waals surface area (Å²) in [5, 5.41) is 18.8. The van der Waals surface area contributed by atoms with Gasteiger partial charge in [-0.15, -0.1) is 0 Å². The van der Waals surface area contributed by atoms with E-state index in [1.54, 1.807) is 0 Å². The summed E-state index contributed by atoms with van der Waals surface area (Å²) in [5.74, 6) is 0. The van der Waals surface area contributed by atoms with Gasteiger partial charge in [0.25, 0.3) is 0 Å². The molecule has 8 nitrogen and oxygen atoms in total. The van der Waals surface area contributed by atoms with E-state index in [0.29, 0.717) is 0 Å². The SMILES string of the molecule is c1ccc(N(c2ccc3c(-c4cccc(-c5ccc6cccnc6c5)c4)c4ccccc4c(-c4cccc(-c5ccc6cccnc6c5)c4)c3c2)c2ccc3c(c2)c2ccccc2n3-c2ccccc2)cc1.c1ccc(N(c2ccc3c(c2)c2ccccc2n3-c2ccccc2)c2cccc3c(-c4cccc(-c5ccc6cccnc6c5)c4)c4ccccc4c(-c4cccc(-c5ccc6cccnc6c5)c4)c23)cc1. The van der Waals surface area contributed by atoms with E-state index in [0.717, 1.165) is 161 Å². The lowest BCUT2D eigenvalue weighted by molar-refractivity contribution is 1.18. The first-order valence-corrected chi connectivity index (χ1v) is 49.1. The molecule has 0 aliphatic heterocycles. The highest BCUT2D eigenvalue weighted by Gasteiger charge is 2.28. The van der Waals surface area contributed by atoms with Crippen molar-refractivity contribution in [2.24, 2.45) is 0 Å². The number of rotatable bonds is 16. The number of hydrogen-bond donors (Lipinski definition) is 0. The Morgan fingerprint density at radius 2 is 0.438 bits per heavy atom. The molecule has 8 heteroatoms. The normalized spacial score (nSPS) is 11.6. The highest BCUT2D eigenvalue weighted by atomic mass is 15.2. The van der Waals surface area contributed by atoms with Crippen LogP contribution in [0.15, 0.2) is 534 Å². The van der Waals surface area contributed by atoms with Crippen molar-refractivity contribution < 1.29 is 0 Å². The lowest BCUT2D eigenvalue weighted by atomic mass is 9.84. The molecule has 144 heavy (non-hydrogen) atoms. The first-order valence-electron chi connectivity index (χ1n) is 49.1. The predicted octanol–water partition coefficient (Wildman–Crippen LogP) is 36.6. The fraction of sp³-hybridized carbons (Fsp3) is 0. The molecule has 0 fully saturated rings. The first kappa shape index (κ1) is 84.0. The maximum Gasteiger partial charge on any atom is 0.0708 e. The number of pyridine rings is 4. The molecular formula is C136H88N8. The second-order valence-electron chi connectivity index (χ2n) is 37.1. The third-order valence-electron chi connectivity index (χ3n) is 28.8. The van der Waals surface area contributed by atoms with Crippen LogP contribution in [0, 0.1) is 0 Å². The van der Waals surface area contributed by atoms with Gasteiger partial charge in [0.1, 0.15) is 0 Å². The molecule has 0 unspecified atom stereocenters. The first-order chi connectivity index (χ1) is 71.4. The molecule has 0 N–H and O–H groups in total. The summed E-state index contributed by atoms with van der Waals surface area (Å²) < 4.78 is 4.77. The maximum atomic E-state index is 4.74. The minimum Gasteiger partial charge on any atom is -0.310 e. The largest absolute Gasteiger partial charge is 0.310 e. The molecule has 22 aromatic carbocycles. The van der Waals surface area contributed by atoms with Gasteiger partial charge in [0, 0.05) is 113 Å². The zero-order chi connectivity index (χ0) is 95.1. The fourth-order valence-corrected chi connectivity index (χ4v) is 22.3. The molecule has 6 aromatic heterocycles. The van der Waals surface area contributed by atoms with Crippen molar-refractivity contribution >= 4 is 164 Å². The standard InChI is InChI=1S/2C68H44N4/c1-3-22-53(23-4-1)71(55-36-37-64-60(44-55)56-26-9-10-30-63(56)72(64)54-24-5-2-6-25-54)65-31-13-29-59-66(51-18-11-16-47(40-51)49-34-32-45-20-14-38-69-61(45)42-49)57-27-7-8-28-58(57)67(68(59)65)52-19-12-17-48(41-52)50-35-33-46-21-15-39-70-62(46)43-50;1-3-21-53(22-4-1)71(56-34-36-66-61(43-56)57-25-9-10-28-65(57)72(66)54-23-5-2-6-24-54)55-33-35-60-62(44-55)68(52-18-12-16-48(40-52)50-32-30-46-20-14-38-70-64(46)42-50)59-27-8-7-26-58(59)67(60)51-17-11-15-47(39-51)49-31-29-45-19-13-37-69-63(45)41-49/h2*1-44H. The van der Waals surface area contributed by atoms with Crippen LogP contribution >= 0.6 is 0 Å². The van der Waals surface area contributed by atoms with Crippen molar-refractivity contribution in [2.75, 3.05) is 9.80 Å². The van der Waals surface area contributed by atoms with Gasteiger partial charge in [-0.1, -0.05) is 322 Å². The molecule has 28 aromatic rings. The number of nitrogens with zero attached hydrogens (tertiary/aromatic N) is 8. The molecular weight excluding hydrogens is 1750 g/mol. The lowest BCUT2D eigenvalue weighted by Gasteiger charge is -2.29. The summed E-state index contributed by atoms with van der Waals surface area (Å²) in [5.41, 5.74) is 35.8. The average molecular weight is 1830 g/mol. The van der Waals surface area contributed by atoms with Crippen LogP contribution in [0.4, 0.5) is 34.1 Å². The van der Waals surface area contributed by atoms with E-state index in [2.05, 4.69) is 504 Å². The van der Waals surface area contributed by atoms with E-state index < -0.39 is 0 Å². The van der Waals surface area contributed by atoms with E-state index in [9.17, 15) is 0 Å². The van der Waals surface area contributed by atoms with Gasteiger partial charge >= 0.3 is 0 Å². The van der Waals surface area contributed by atoms with Gasteiger partial charge in [-0.25, -0.2) is 0 Å². The van der Waals surface area contributed by atoms with E-state index >= 15 is 0 Å². The van der Waals surface area contributed by atoms with E-state index in [1.807, 2.05) is 49.1 Å². The zero-order valence-electron chi connectivity index (χ0n) is 78.4. The van der Waals surface area contributed by atoms with Crippen LogP contribution in [0.5, 0.6) is 0 Å². The van der Waals surface area contributed by atoms with Gasteiger partial charge in [-0.05, 0) is 315 Å². The molecule has 28 rings (SSSR count). The van der Waals surface area contributed by atoms with Gasteiger partial charge in [-0.3, -0.25) is 19.9 Å². The molecule has 0 amide bonds. The Bertz CT molecular complexity index is 9800. The topological polar surface area (TPSA) is 67.9 Å². The van der Waals surface area contributed by atoms with Crippen LogP contribution in [0.1, 0.15) is 0 Å². The van der Waals surface area contributed by atoms with Crippen molar-refractivity contribution in [2.45, 2.75) is 0 Å². The highest BCUT2D eigenvalue weighted by Crippen LogP contribution is 2.54. The van der Waals surface area contributed by atoms with Crippen LogP contribution in [-0.4, -0.2) is 29.1 Å². The molecule has 6 heterocycles. The lowest BCUT2D eigenvalue weighted by Crippen LogP contribution is -2.11. The van der Waals surface area contributed by atoms with Crippen LogP contribution in [0.3, 0.4) is 0 Å². The second kappa shape index (κ2) is 35.6. The number of anilines is 6. The van der Waals surface area contributed by atoms with Gasteiger partial charge in [-0.2, -0.15) is 0 Å². The third-order valence-corrected chi connectivity index (χ3v) is 28.8. The number of hydrogen-bond acceptors (Lipinski definition) is 6. The van der Waals surface area contributed by atoms with Crippen molar-refractivity contribution in [3.63, 3.8) is 0 Å². The monoisotopic (exact) mass is 1830 g/mol. The molecule has 0 saturated carbocycles. The Kier molecular flexibility index (Phi) is 20.8. The minimum atomic E-state index is 0.979. The molecule has 0 spiro atoms. The van der Waals surface area contributed by atoms with Gasteiger partial charge in [0.15, 0.2) is 0 Å². The van der Waals surface area contributed by atoms with Gasteiger partial charge in [0.2, 0.25) is 0 Å². The molecule has 0 radical (unpaired) electrons. The minimum absolute atomic E-state index is 0.979. The zero-order valence-corrected chi connectivity index (χ0v) is 78.4. The van der Waals surface area contributed by atoms with Gasteiger partial charge in [0.05, 0.1) is 49.8 Å². The molecule has 672 valence electrons. The van der Waals surface area contributed by atoms with Crippen molar-refractivity contribution in [3.05, 3.63) is 534 Å². The van der Waals surface area contributed by atoms with E-state index in [4.69, 9.17) is 19.9 Å².